The van der Waals surface area contributed by atoms with E-state index in [1.54, 1.807) is 6.20 Å². The van der Waals surface area contributed by atoms with Crippen LogP contribution in [-0.2, 0) is 9.59 Å². The summed E-state index contributed by atoms with van der Waals surface area (Å²) in [6.07, 6.45) is 21.0. The molecule has 0 bridgehead atoms. The summed E-state index contributed by atoms with van der Waals surface area (Å²) in [6.45, 7) is 125. The maximum atomic E-state index is 12.1. The number of carbonyl (C=O) groups excluding carboxylic acids is 2. The number of hydrogen-bond donors (Lipinski definition) is 0. The van der Waals surface area contributed by atoms with E-state index in [1.165, 1.54) is 67.4 Å². The Hall–Kier alpha value is -8.01. The van der Waals surface area contributed by atoms with Crippen molar-refractivity contribution in [1.82, 2.24) is 49.9 Å². The van der Waals surface area contributed by atoms with Crippen LogP contribution in [0.5, 0.6) is 0 Å². The predicted octanol–water partition coefficient (Wildman–Crippen LogP) is 30.9. The fourth-order valence-corrected chi connectivity index (χ4v) is 29.0. The zero-order valence-corrected chi connectivity index (χ0v) is 104. The maximum Gasteiger partial charge on any atom is 0.225 e. The summed E-state index contributed by atoms with van der Waals surface area (Å²) in [5.41, 5.74) is 13.2. The molecule has 5 aromatic heterocycles. The Morgan fingerprint density at radius 3 is 1.07 bits per heavy atom. The van der Waals surface area contributed by atoms with Gasteiger partial charge in [-0.3, -0.25) is 9.59 Å². The highest BCUT2D eigenvalue weighted by Gasteiger charge is 2.50. The van der Waals surface area contributed by atoms with Gasteiger partial charge in [-0.2, -0.15) is 10.4 Å². The van der Waals surface area contributed by atoms with Gasteiger partial charge in [0.15, 0.2) is 5.82 Å². The van der Waals surface area contributed by atoms with Crippen LogP contribution in [-0.4, -0.2) is 166 Å². The van der Waals surface area contributed by atoms with Crippen LogP contribution in [0, 0.1) is 194 Å². The van der Waals surface area contributed by atoms with E-state index in [1.807, 2.05) is 77.3 Å². The highest BCUT2D eigenvalue weighted by atomic mass is 16.2. The third-order valence-electron chi connectivity index (χ3n) is 35.0. The minimum absolute atomic E-state index is 0.122. The second kappa shape index (κ2) is 50.9. The minimum atomic E-state index is 0.122. The summed E-state index contributed by atoms with van der Waals surface area (Å²) in [4.78, 5) is 69.4. The summed E-state index contributed by atoms with van der Waals surface area (Å²) >= 11 is 0. The number of carbonyl (C=O) groups is 2. The maximum absolute atomic E-state index is 12.1. The Kier molecular flexibility index (Phi) is 43.7. The molecule has 1 aromatic carbocycles. The topological polar surface area (TPSA) is 187 Å². The molecular weight excluding hydrogens is 1820 g/mol. The van der Waals surface area contributed by atoms with Gasteiger partial charge in [0.05, 0.1) is 23.1 Å². The molecule has 832 valence electrons. The molecule has 8 fully saturated rings. The monoisotopic (exact) mass is 2040 g/mol. The van der Waals surface area contributed by atoms with Crippen LogP contribution in [0.1, 0.15) is 387 Å². The molecule has 8 saturated heterocycles. The molecule has 9 unspecified atom stereocenters. The van der Waals surface area contributed by atoms with Gasteiger partial charge < -0.3 is 39.2 Å². The number of anilines is 6. The normalized spacial score (nSPS) is 23.8. The Bertz CT molecular complexity index is 4880. The van der Waals surface area contributed by atoms with Gasteiger partial charge in [-0.05, 0) is 281 Å². The van der Waals surface area contributed by atoms with E-state index in [0.717, 1.165) is 205 Å². The number of aromatic nitrogens is 8. The zero-order chi connectivity index (χ0) is 112. The number of nitriles is 1. The lowest BCUT2D eigenvalue weighted by molar-refractivity contribution is -0.140. The van der Waals surface area contributed by atoms with E-state index in [9.17, 15) is 9.59 Å². The van der Waals surface area contributed by atoms with Gasteiger partial charge in [-0.1, -0.05) is 320 Å². The average molecular weight is 2040 g/mol. The molecule has 0 spiro atoms. The molecular formula is C129H219N17O2. The fourth-order valence-electron chi connectivity index (χ4n) is 29.0. The first-order valence-corrected chi connectivity index (χ1v) is 57.6. The number of benzene rings is 1. The number of aryl methyl sites for hydroxylation is 6. The number of nitrogens with zero attached hydrogens (tertiary/aromatic N) is 17. The van der Waals surface area contributed by atoms with E-state index in [2.05, 4.69) is 419 Å². The summed E-state index contributed by atoms with van der Waals surface area (Å²) < 4.78 is 0. The van der Waals surface area contributed by atoms with E-state index >= 15 is 0 Å². The molecule has 9 atom stereocenters. The summed E-state index contributed by atoms with van der Waals surface area (Å²) in [5.74, 6) is 13.2. The lowest BCUT2D eigenvalue weighted by Gasteiger charge is -2.50. The number of pyridine rings is 2. The van der Waals surface area contributed by atoms with Gasteiger partial charge in [0.25, 0.3) is 0 Å². The molecule has 0 aliphatic carbocycles. The van der Waals surface area contributed by atoms with Gasteiger partial charge in [0, 0.05) is 148 Å². The van der Waals surface area contributed by atoms with Gasteiger partial charge in [-0.15, -0.1) is 5.10 Å². The molecule has 13 heterocycles. The van der Waals surface area contributed by atoms with Crippen LogP contribution in [0.2, 0.25) is 0 Å². The van der Waals surface area contributed by atoms with Crippen molar-refractivity contribution in [3.05, 3.63) is 131 Å². The Balaban J connectivity index is 0.000000229. The number of hydrogen-bond acceptors (Lipinski definition) is 17. The first-order valence-electron chi connectivity index (χ1n) is 57.6. The SMILES string of the molecule is CC(C)C(=O)N1CCC(C(C)(C)C)C(C)(C)C1.CCC(=O)N1CCC(C(C)(C)C)C(C)(C)C1.CCC1CN(c2ccc(C)cn2)CCC1C(C)(C)C.Cc1ccc(N2CCC(C(C)(C)C)C(C)(C)C2)cc1.Cc1ccc(N2CCC(C(C)(C)C)C(C)(C)C2)nc1.Cc1ccc(N2CCC(C(C)C)C(C)(C)C2)nn1.Cc1cnc(N2CCC(C(C)(C)C)C(C)(C)C2)nc1.Cc1nc(N2CCC(C(C)(C)C)C(C)(C)C2)ncc1C#N. The lowest BCUT2D eigenvalue weighted by atomic mass is 9.62. The zero-order valence-electron chi connectivity index (χ0n) is 104. The molecule has 148 heavy (non-hydrogen) atoms. The van der Waals surface area contributed by atoms with E-state index in [-0.39, 0.29) is 22.2 Å². The Morgan fingerprint density at radius 1 is 0.358 bits per heavy atom. The van der Waals surface area contributed by atoms with Crippen molar-refractivity contribution in [3.63, 3.8) is 0 Å². The molecule has 0 radical (unpaired) electrons. The number of rotatable bonds is 10. The lowest BCUT2D eigenvalue weighted by Crippen LogP contribution is -2.52. The van der Waals surface area contributed by atoms with Crippen LogP contribution < -0.4 is 29.4 Å². The van der Waals surface area contributed by atoms with E-state index in [0.29, 0.717) is 101 Å². The third kappa shape index (κ3) is 36.1. The first kappa shape index (κ1) is 127. The predicted molar refractivity (Wildman–Crippen MR) is 632 cm³/mol. The van der Waals surface area contributed by atoms with Gasteiger partial charge in [-0.25, -0.2) is 29.9 Å². The smallest absolute Gasteiger partial charge is 0.225 e. The highest BCUT2D eigenvalue weighted by Crippen LogP contribution is 2.54. The van der Waals surface area contributed by atoms with Crippen molar-refractivity contribution in [1.29, 1.82) is 5.26 Å². The molecule has 0 N–H and O–H groups in total. The first-order chi connectivity index (χ1) is 67.8. The van der Waals surface area contributed by atoms with Gasteiger partial charge in [0.2, 0.25) is 23.7 Å². The summed E-state index contributed by atoms with van der Waals surface area (Å²) in [7, 11) is 0. The minimum Gasteiger partial charge on any atom is -0.371 e. The number of amides is 2. The van der Waals surface area contributed by atoms with Crippen LogP contribution >= 0.6 is 0 Å². The van der Waals surface area contributed by atoms with Gasteiger partial charge in [0.1, 0.15) is 17.7 Å². The van der Waals surface area contributed by atoms with Crippen molar-refractivity contribution in [2.45, 2.75) is 390 Å². The Labute approximate surface area is 907 Å². The molecule has 19 nitrogen and oxygen atoms in total. The molecule has 19 heteroatoms. The molecule has 2 amide bonds. The molecule has 0 saturated carbocycles. The summed E-state index contributed by atoms with van der Waals surface area (Å²) in [5, 5.41) is 17.5. The third-order valence-corrected chi connectivity index (χ3v) is 35.0. The van der Waals surface area contributed by atoms with Gasteiger partial charge >= 0.3 is 0 Å². The van der Waals surface area contributed by atoms with Crippen molar-refractivity contribution in [2.24, 2.45) is 141 Å². The quantitative estimate of drug-likeness (QED) is 0.126. The molecule has 6 aromatic rings. The van der Waals surface area contributed by atoms with Crippen molar-refractivity contribution in [3.8, 4) is 6.07 Å². The Morgan fingerprint density at radius 2 is 0.703 bits per heavy atom. The van der Waals surface area contributed by atoms with Crippen molar-refractivity contribution < 1.29 is 9.59 Å². The largest absolute Gasteiger partial charge is 0.371 e. The van der Waals surface area contributed by atoms with E-state index < -0.39 is 0 Å². The molecule has 8 aliphatic rings. The number of piperidine rings is 8. The molecule has 14 rings (SSSR count). The standard InChI is InChI=1S/C18H29N.C17H26N4.2C17H28N2.C16H27N3.C15H25N3.C15H29NO.C14H27NO/c1-14-7-9-15(10-8-14)19-12-11-16(17(2,3)4)18(5,6)13-19;1-12-13(9-18)10-19-15(20-12)21-8-7-14(16(2,3)4)17(5,6)11-21;1-13-7-8-15(18-11-13)19-10-9-14(16(2,3)4)17(5,6)12-19;1-6-14-12-19(10-9-15(14)17(3,4)5)16-8-7-13(2)11-18-16;1-12-9-17-14(18-10-12)19-8-7-13(15(2,3)4)16(5,6)11-19;1-11(2)13-8-9-18(10-15(13,4)5)14-7-6-12(3)16-17-14;1-11(2)13(17)16-9-8-12(14(3,4)5)15(6,7)10-16;1-7-12(16)15-9-8-11(13(2,3)4)14(5,6)10-15/h7-10,16H,11-13H2,1-6H3;10,14H,7-8,11H2,1-6H3;7-8,11,14H,9-10,12H2,1-6H3;7-8,11,14-15H,6,9-10,12H2,1-5H3;9-10,13H,7-8,11H2,1-6H3;6-7,11,13H,8-10H2,1-5H3;11-12H,8-10H2,1-7H3;11H,7-10H2,1-6H3. The highest BCUT2D eigenvalue weighted by molar-refractivity contribution is 5.78. The van der Waals surface area contributed by atoms with E-state index in [4.69, 9.17) is 5.26 Å². The fraction of sp³-hybridized carbons (Fsp3) is 0.760. The van der Waals surface area contributed by atoms with Crippen LogP contribution in [0.3, 0.4) is 0 Å². The summed E-state index contributed by atoms with van der Waals surface area (Å²) in [6, 6.07) is 23.9. The number of likely N-dealkylation sites (tertiary alicyclic amines) is 2. The van der Waals surface area contributed by atoms with Crippen LogP contribution in [0.4, 0.5) is 35.0 Å². The van der Waals surface area contributed by atoms with Crippen molar-refractivity contribution in [2.75, 3.05) is 134 Å². The van der Waals surface area contributed by atoms with Crippen molar-refractivity contribution >= 4 is 46.9 Å². The second-order valence-corrected chi connectivity index (χ2v) is 59.5. The second-order valence-electron chi connectivity index (χ2n) is 59.5. The molecule has 8 aliphatic heterocycles. The average Bonchev–Trinajstić information content (AvgIpc) is 0.765. The van der Waals surface area contributed by atoms with Crippen LogP contribution in [0.25, 0.3) is 0 Å². The van der Waals surface area contributed by atoms with Crippen LogP contribution in [0.15, 0.2) is 91.6 Å².